The fraction of sp³-hybridized carbons (Fsp3) is 0.120. The van der Waals surface area contributed by atoms with Crippen molar-refractivity contribution in [2.24, 2.45) is 0 Å². The van der Waals surface area contributed by atoms with E-state index in [-0.39, 0.29) is 0 Å². The molecule has 0 heterocycles. The Hall–Kier alpha value is -2.86. The van der Waals surface area contributed by atoms with Crippen molar-refractivity contribution in [3.05, 3.63) is 124 Å². The van der Waals surface area contributed by atoms with E-state index in [4.69, 9.17) is 0 Å². The van der Waals surface area contributed by atoms with Crippen molar-refractivity contribution in [1.82, 2.24) is 0 Å². The van der Waals surface area contributed by atoms with E-state index in [0.717, 1.165) is 6.42 Å². The van der Waals surface area contributed by atoms with Crippen LogP contribution < -0.4 is 0 Å². The molecule has 25 heavy (non-hydrogen) atoms. The molecule has 2 aliphatic carbocycles. The molecule has 2 aromatic carbocycles. The Balaban J connectivity index is 1.95. The van der Waals surface area contributed by atoms with Crippen LogP contribution in [0.1, 0.15) is 31.4 Å². The fourth-order valence-electron chi connectivity index (χ4n) is 3.83. The average molecular weight is 322 g/mol. The largest absolute Gasteiger partial charge is 0.0769 e. The van der Waals surface area contributed by atoms with Gasteiger partial charge >= 0.3 is 0 Å². The second-order valence-electron chi connectivity index (χ2n) is 6.71. The summed E-state index contributed by atoms with van der Waals surface area (Å²) in [7, 11) is 0. The molecule has 0 aromatic heterocycles. The van der Waals surface area contributed by atoms with Crippen molar-refractivity contribution in [1.29, 1.82) is 0 Å². The van der Waals surface area contributed by atoms with Crippen LogP contribution in [0.25, 0.3) is 5.57 Å². The standard InChI is InChI=1S/C25H22/c1-18-16-17-19(2)24(18)22-14-9-15-23(22)25(20-10-5-3-6-11-20)21-12-7-4-8-13-21/h3-16H,17H2,1-2H3. The van der Waals surface area contributed by atoms with Crippen LogP contribution >= 0.6 is 0 Å². The summed E-state index contributed by atoms with van der Waals surface area (Å²) in [5, 5.41) is 0. The Morgan fingerprint density at radius 3 is 1.92 bits per heavy atom. The highest BCUT2D eigenvalue weighted by molar-refractivity contribution is 5.89. The van der Waals surface area contributed by atoms with Gasteiger partial charge in [-0.25, -0.2) is 0 Å². The molecule has 0 N–H and O–H groups in total. The zero-order valence-electron chi connectivity index (χ0n) is 14.8. The maximum atomic E-state index is 2.34. The van der Waals surface area contributed by atoms with Gasteiger partial charge in [0.05, 0.1) is 0 Å². The molecule has 0 bridgehead atoms. The Bertz CT molecular complexity index is 904. The SMILES string of the molecule is CC1=CCC(C)=C1C1=CC=CC1=C(c1ccccc1)c1ccccc1. The molecule has 0 unspecified atom stereocenters. The Morgan fingerprint density at radius 1 is 0.800 bits per heavy atom. The minimum Gasteiger partial charge on any atom is -0.0769 e. The molecule has 0 radical (unpaired) electrons. The molecule has 0 aliphatic heterocycles. The van der Waals surface area contributed by atoms with Crippen molar-refractivity contribution >= 4 is 5.57 Å². The Morgan fingerprint density at radius 2 is 1.40 bits per heavy atom. The molecule has 0 spiro atoms. The summed E-state index contributed by atoms with van der Waals surface area (Å²) >= 11 is 0. The summed E-state index contributed by atoms with van der Waals surface area (Å²) in [4.78, 5) is 0. The normalized spacial score (nSPS) is 16.3. The number of hydrogen-bond donors (Lipinski definition) is 0. The van der Waals surface area contributed by atoms with Crippen LogP contribution in [0, 0.1) is 0 Å². The number of allylic oxidation sites excluding steroid dienone is 9. The maximum absolute atomic E-state index is 2.34. The predicted octanol–water partition coefficient (Wildman–Crippen LogP) is 6.65. The van der Waals surface area contributed by atoms with Crippen LogP contribution in [0.3, 0.4) is 0 Å². The maximum Gasteiger partial charge on any atom is -0.00326 e. The molecular weight excluding hydrogens is 300 g/mol. The van der Waals surface area contributed by atoms with Gasteiger partial charge < -0.3 is 0 Å². The van der Waals surface area contributed by atoms with Crippen molar-refractivity contribution in [2.75, 3.05) is 0 Å². The van der Waals surface area contributed by atoms with Gasteiger partial charge in [0.25, 0.3) is 0 Å². The van der Waals surface area contributed by atoms with Crippen LogP contribution in [-0.4, -0.2) is 0 Å². The third-order valence-electron chi connectivity index (χ3n) is 5.02. The quantitative estimate of drug-likeness (QED) is 0.593. The summed E-state index contributed by atoms with van der Waals surface area (Å²) in [5.41, 5.74) is 10.8. The van der Waals surface area contributed by atoms with E-state index in [1.54, 1.807) is 0 Å². The smallest absolute Gasteiger partial charge is 0.00326 e. The van der Waals surface area contributed by atoms with Crippen LogP contribution in [0.4, 0.5) is 0 Å². The highest BCUT2D eigenvalue weighted by Crippen LogP contribution is 2.41. The minimum atomic E-state index is 1.07. The van der Waals surface area contributed by atoms with Gasteiger partial charge in [-0.05, 0) is 59.3 Å². The lowest BCUT2D eigenvalue weighted by Crippen LogP contribution is -1.98. The van der Waals surface area contributed by atoms with E-state index in [1.165, 1.54) is 44.6 Å². The van der Waals surface area contributed by atoms with Crippen LogP contribution in [0.15, 0.2) is 113 Å². The molecule has 4 rings (SSSR count). The van der Waals surface area contributed by atoms with Gasteiger partial charge in [0.2, 0.25) is 0 Å². The van der Waals surface area contributed by atoms with Crippen molar-refractivity contribution in [3.8, 4) is 0 Å². The predicted molar refractivity (Wildman–Crippen MR) is 107 cm³/mol. The molecule has 0 nitrogen and oxygen atoms in total. The van der Waals surface area contributed by atoms with Crippen LogP contribution in [0.5, 0.6) is 0 Å². The zero-order valence-corrected chi connectivity index (χ0v) is 14.8. The summed E-state index contributed by atoms with van der Waals surface area (Å²) in [5.74, 6) is 0. The highest BCUT2D eigenvalue weighted by Gasteiger charge is 2.22. The van der Waals surface area contributed by atoms with Crippen molar-refractivity contribution in [3.63, 3.8) is 0 Å². The van der Waals surface area contributed by atoms with Crippen molar-refractivity contribution < 1.29 is 0 Å². The first kappa shape index (κ1) is 15.7. The summed E-state index contributed by atoms with van der Waals surface area (Å²) in [6, 6.07) is 21.4. The van der Waals surface area contributed by atoms with Gasteiger partial charge in [-0.1, -0.05) is 90.5 Å². The minimum absolute atomic E-state index is 1.07. The lowest BCUT2D eigenvalue weighted by atomic mass is 9.86. The third-order valence-corrected chi connectivity index (χ3v) is 5.02. The van der Waals surface area contributed by atoms with E-state index in [1.807, 2.05) is 0 Å². The first-order valence-electron chi connectivity index (χ1n) is 8.87. The molecule has 122 valence electrons. The van der Waals surface area contributed by atoms with E-state index in [2.05, 4.69) is 98.8 Å². The fourth-order valence-corrected chi connectivity index (χ4v) is 3.83. The van der Waals surface area contributed by atoms with Gasteiger partial charge in [-0.3, -0.25) is 0 Å². The Kier molecular flexibility index (Phi) is 4.11. The molecule has 2 aromatic rings. The zero-order chi connectivity index (χ0) is 17.2. The molecule has 0 atom stereocenters. The molecular formula is C25H22. The average Bonchev–Trinajstić information content (AvgIpc) is 3.23. The summed E-state index contributed by atoms with van der Waals surface area (Å²) < 4.78 is 0. The molecule has 0 heteroatoms. The van der Waals surface area contributed by atoms with Crippen LogP contribution in [0.2, 0.25) is 0 Å². The van der Waals surface area contributed by atoms with E-state index in [0.29, 0.717) is 0 Å². The second kappa shape index (κ2) is 6.57. The first-order chi connectivity index (χ1) is 12.3. The third kappa shape index (κ3) is 2.85. The van der Waals surface area contributed by atoms with Gasteiger partial charge in [-0.2, -0.15) is 0 Å². The lowest BCUT2D eigenvalue weighted by molar-refractivity contribution is 1.22. The van der Waals surface area contributed by atoms with Crippen molar-refractivity contribution in [2.45, 2.75) is 20.3 Å². The van der Waals surface area contributed by atoms with E-state index >= 15 is 0 Å². The van der Waals surface area contributed by atoms with Crippen LogP contribution in [-0.2, 0) is 0 Å². The van der Waals surface area contributed by atoms with E-state index < -0.39 is 0 Å². The molecule has 0 fully saturated rings. The van der Waals surface area contributed by atoms with Gasteiger partial charge in [0, 0.05) is 0 Å². The second-order valence-corrected chi connectivity index (χ2v) is 6.71. The van der Waals surface area contributed by atoms with Gasteiger partial charge in [-0.15, -0.1) is 0 Å². The summed E-state index contributed by atoms with van der Waals surface area (Å²) in [6.07, 6.45) is 10.1. The summed E-state index contributed by atoms with van der Waals surface area (Å²) in [6.45, 7) is 4.48. The Labute approximate surface area is 150 Å². The van der Waals surface area contributed by atoms with Gasteiger partial charge in [0.1, 0.15) is 0 Å². The molecule has 2 aliphatic rings. The number of rotatable bonds is 3. The topological polar surface area (TPSA) is 0 Å². The first-order valence-corrected chi connectivity index (χ1v) is 8.87. The monoisotopic (exact) mass is 322 g/mol. The molecule has 0 saturated heterocycles. The number of hydrogen-bond acceptors (Lipinski definition) is 0. The number of benzene rings is 2. The van der Waals surface area contributed by atoms with Gasteiger partial charge in [0.15, 0.2) is 0 Å². The lowest BCUT2D eigenvalue weighted by Gasteiger charge is -2.17. The highest BCUT2D eigenvalue weighted by atomic mass is 14.3. The molecule has 0 amide bonds. The van der Waals surface area contributed by atoms with E-state index in [9.17, 15) is 0 Å². The molecule has 0 saturated carbocycles.